The summed E-state index contributed by atoms with van der Waals surface area (Å²) in [6.07, 6.45) is 2.02. The fourth-order valence-corrected chi connectivity index (χ4v) is 3.75. The molecule has 0 spiro atoms. The summed E-state index contributed by atoms with van der Waals surface area (Å²) in [5, 5.41) is 3.20. The molecule has 1 atom stereocenters. The molecular formula is C23H34IN5. The molecule has 2 aromatic rings. The minimum atomic E-state index is 0. The van der Waals surface area contributed by atoms with E-state index in [1.165, 1.54) is 11.1 Å². The Morgan fingerprint density at radius 2 is 1.93 bits per heavy atom. The van der Waals surface area contributed by atoms with Gasteiger partial charge < -0.3 is 16.0 Å². The summed E-state index contributed by atoms with van der Waals surface area (Å²) in [6, 6.07) is 19.6. The van der Waals surface area contributed by atoms with Crippen LogP contribution in [-0.4, -0.2) is 55.5 Å². The second kappa shape index (κ2) is 12.1. The zero-order valence-electron chi connectivity index (χ0n) is 17.6. The molecule has 3 N–H and O–H groups in total. The second-order valence-electron chi connectivity index (χ2n) is 7.52. The third kappa shape index (κ3) is 7.28. The van der Waals surface area contributed by atoms with Crippen molar-refractivity contribution >= 4 is 35.6 Å². The zero-order valence-corrected chi connectivity index (χ0v) is 19.9. The highest BCUT2D eigenvalue weighted by Crippen LogP contribution is 2.24. The molecule has 1 aliphatic rings. The summed E-state index contributed by atoms with van der Waals surface area (Å²) >= 11 is 0. The lowest BCUT2D eigenvalue weighted by molar-refractivity contribution is 0.0894. The van der Waals surface area contributed by atoms with Gasteiger partial charge in [0.15, 0.2) is 5.96 Å². The van der Waals surface area contributed by atoms with Gasteiger partial charge >= 0.3 is 0 Å². The lowest BCUT2D eigenvalue weighted by Crippen LogP contribution is -2.47. The smallest absolute Gasteiger partial charge is 0.193 e. The van der Waals surface area contributed by atoms with Gasteiger partial charge in [-0.25, -0.2) is 0 Å². The van der Waals surface area contributed by atoms with E-state index in [0.29, 0.717) is 12.0 Å². The van der Waals surface area contributed by atoms with E-state index >= 15 is 0 Å². The minimum absolute atomic E-state index is 0. The van der Waals surface area contributed by atoms with Gasteiger partial charge in [-0.2, -0.15) is 0 Å². The first-order valence-electron chi connectivity index (χ1n) is 10.3. The Kier molecular flexibility index (Phi) is 9.90. The van der Waals surface area contributed by atoms with Crippen molar-refractivity contribution in [2.45, 2.75) is 25.8 Å². The van der Waals surface area contributed by atoms with Crippen LogP contribution in [0.15, 0.2) is 59.6 Å². The van der Waals surface area contributed by atoms with E-state index in [0.717, 1.165) is 51.3 Å². The molecule has 0 radical (unpaired) electrons. The molecule has 1 unspecified atom stereocenters. The summed E-state index contributed by atoms with van der Waals surface area (Å²) in [5.41, 5.74) is 9.76. The number of hydrogen-bond acceptors (Lipinski definition) is 3. The van der Waals surface area contributed by atoms with Gasteiger partial charge in [-0.1, -0.05) is 49.4 Å². The molecule has 0 bridgehead atoms. The Morgan fingerprint density at radius 1 is 1.14 bits per heavy atom. The topological polar surface area (TPSA) is 56.9 Å². The second-order valence-corrected chi connectivity index (χ2v) is 7.52. The molecule has 1 heterocycles. The molecule has 3 rings (SSSR count). The van der Waals surface area contributed by atoms with Gasteiger partial charge in [0.2, 0.25) is 0 Å². The van der Waals surface area contributed by atoms with Gasteiger partial charge in [-0.05, 0) is 43.1 Å². The molecule has 0 saturated carbocycles. The predicted octanol–water partition coefficient (Wildman–Crippen LogP) is 3.97. The highest BCUT2D eigenvalue weighted by Gasteiger charge is 2.25. The number of nitrogens with one attached hydrogen (secondary N) is 1. The van der Waals surface area contributed by atoms with Crippen LogP contribution in [0.4, 0.5) is 5.69 Å². The SMILES string of the molecule is CCc1cccc(NC(N)=NCCCN2CCN(C)CC2c2ccccc2)c1.I. The van der Waals surface area contributed by atoms with Crippen LogP contribution in [0.5, 0.6) is 0 Å². The molecule has 0 aromatic heterocycles. The molecule has 1 fully saturated rings. The molecule has 158 valence electrons. The maximum atomic E-state index is 6.07. The largest absolute Gasteiger partial charge is 0.370 e. The van der Waals surface area contributed by atoms with Gasteiger partial charge in [-0.3, -0.25) is 9.89 Å². The number of nitrogens with two attached hydrogens (primary N) is 1. The first kappa shape index (κ1) is 23.6. The quantitative estimate of drug-likeness (QED) is 0.258. The van der Waals surface area contributed by atoms with E-state index < -0.39 is 0 Å². The van der Waals surface area contributed by atoms with Crippen molar-refractivity contribution in [3.05, 3.63) is 65.7 Å². The molecule has 6 heteroatoms. The summed E-state index contributed by atoms with van der Waals surface area (Å²) in [4.78, 5) is 9.52. The van der Waals surface area contributed by atoms with Crippen molar-refractivity contribution in [3.8, 4) is 0 Å². The minimum Gasteiger partial charge on any atom is -0.370 e. The predicted molar refractivity (Wildman–Crippen MR) is 134 cm³/mol. The fourth-order valence-electron chi connectivity index (χ4n) is 3.75. The number of hydrogen-bond donors (Lipinski definition) is 2. The van der Waals surface area contributed by atoms with E-state index in [1.54, 1.807) is 0 Å². The van der Waals surface area contributed by atoms with Crippen molar-refractivity contribution in [2.75, 3.05) is 45.1 Å². The van der Waals surface area contributed by atoms with Crippen LogP contribution in [0, 0.1) is 0 Å². The van der Waals surface area contributed by atoms with Gasteiger partial charge in [0, 0.05) is 44.5 Å². The third-order valence-electron chi connectivity index (χ3n) is 5.37. The number of rotatable bonds is 7. The van der Waals surface area contributed by atoms with Crippen LogP contribution in [0.25, 0.3) is 0 Å². The summed E-state index contributed by atoms with van der Waals surface area (Å²) < 4.78 is 0. The molecule has 0 amide bonds. The molecule has 2 aromatic carbocycles. The Morgan fingerprint density at radius 3 is 2.69 bits per heavy atom. The van der Waals surface area contributed by atoms with Crippen molar-refractivity contribution in [1.29, 1.82) is 0 Å². The van der Waals surface area contributed by atoms with E-state index in [4.69, 9.17) is 5.73 Å². The number of guanidine groups is 1. The van der Waals surface area contributed by atoms with Crippen LogP contribution in [0.1, 0.15) is 30.5 Å². The number of anilines is 1. The van der Waals surface area contributed by atoms with Gasteiger partial charge in [0.25, 0.3) is 0 Å². The number of halogens is 1. The van der Waals surface area contributed by atoms with Crippen LogP contribution >= 0.6 is 24.0 Å². The number of aliphatic imine (C=N–C) groups is 1. The van der Waals surface area contributed by atoms with Crippen molar-refractivity contribution in [2.24, 2.45) is 10.7 Å². The van der Waals surface area contributed by atoms with E-state index in [1.807, 2.05) is 12.1 Å². The average Bonchev–Trinajstić information content (AvgIpc) is 2.73. The lowest BCUT2D eigenvalue weighted by atomic mass is 10.0. The number of piperazine rings is 1. The molecule has 0 aliphatic carbocycles. The normalized spacial score (nSPS) is 18.3. The lowest BCUT2D eigenvalue weighted by Gasteiger charge is -2.40. The van der Waals surface area contributed by atoms with E-state index in [9.17, 15) is 0 Å². The summed E-state index contributed by atoms with van der Waals surface area (Å²) in [5.74, 6) is 0.492. The highest BCUT2D eigenvalue weighted by atomic mass is 127. The number of likely N-dealkylation sites (N-methyl/N-ethyl adjacent to an activating group) is 1. The monoisotopic (exact) mass is 507 g/mol. The first-order chi connectivity index (χ1) is 13.7. The van der Waals surface area contributed by atoms with Crippen molar-refractivity contribution in [3.63, 3.8) is 0 Å². The fraction of sp³-hybridized carbons (Fsp3) is 0.435. The van der Waals surface area contributed by atoms with Gasteiger partial charge in [0.05, 0.1) is 0 Å². The zero-order chi connectivity index (χ0) is 19.8. The third-order valence-corrected chi connectivity index (χ3v) is 5.37. The van der Waals surface area contributed by atoms with Crippen LogP contribution in [-0.2, 0) is 6.42 Å². The molecule has 1 saturated heterocycles. The first-order valence-corrected chi connectivity index (χ1v) is 10.3. The Bertz CT molecular complexity index is 765. The van der Waals surface area contributed by atoms with Crippen molar-refractivity contribution in [1.82, 2.24) is 9.80 Å². The molecule has 29 heavy (non-hydrogen) atoms. The standard InChI is InChI=1S/C23H33N5.HI/c1-3-19-9-7-12-21(17-19)26-23(24)25-13-8-14-28-16-15-27(2)18-22(28)20-10-5-4-6-11-20;/h4-7,9-12,17,22H,3,8,13-16,18H2,1-2H3,(H3,24,25,26);1H. The number of benzene rings is 2. The van der Waals surface area contributed by atoms with Gasteiger partial charge in [0.1, 0.15) is 0 Å². The summed E-state index contributed by atoms with van der Waals surface area (Å²) in [6.45, 7) is 7.21. The van der Waals surface area contributed by atoms with Crippen LogP contribution in [0.2, 0.25) is 0 Å². The Balaban J connectivity index is 0.00000300. The van der Waals surface area contributed by atoms with Gasteiger partial charge in [-0.15, -0.1) is 24.0 Å². The molecular weight excluding hydrogens is 473 g/mol. The Labute approximate surface area is 192 Å². The van der Waals surface area contributed by atoms with E-state index in [2.05, 4.69) is 76.5 Å². The highest BCUT2D eigenvalue weighted by molar-refractivity contribution is 14.0. The molecule has 1 aliphatic heterocycles. The maximum Gasteiger partial charge on any atom is 0.193 e. The van der Waals surface area contributed by atoms with Crippen molar-refractivity contribution < 1.29 is 0 Å². The Hall–Kier alpha value is -1.64. The molecule has 5 nitrogen and oxygen atoms in total. The number of aryl methyl sites for hydroxylation is 1. The maximum absolute atomic E-state index is 6.07. The summed E-state index contributed by atoms with van der Waals surface area (Å²) in [7, 11) is 2.21. The van der Waals surface area contributed by atoms with E-state index in [-0.39, 0.29) is 24.0 Å². The number of nitrogens with zero attached hydrogens (tertiary/aromatic N) is 3. The van der Waals surface area contributed by atoms with Crippen LogP contribution < -0.4 is 11.1 Å². The van der Waals surface area contributed by atoms with Crippen LogP contribution in [0.3, 0.4) is 0 Å². The average molecular weight is 507 g/mol.